The lowest BCUT2D eigenvalue weighted by Gasteiger charge is -2.16. The number of fused-ring (bicyclic) bond motifs is 3. The first kappa shape index (κ1) is 33.6. The molecule has 0 aliphatic carbocycles. The normalized spacial score (nSPS) is 14.8. The Balaban J connectivity index is 1.15. The summed E-state index contributed by atoms with van der Waals surface area (Å²) in [6.07, 6.45) is 1.75. The first-order chi connectivity index (χ1) is 24.7. The summed E-state index contributed by atoms with van der Waals surface area (Å²) in [6, 6.07) is 35.7. The maximum atomic E-state index is 13.9. The molecule has 1 atom stereocenters. The van der Waals surface area contributed by atoms with Crippen molar-refractivity contribution in [2.45, 2.75) is 43.9 Å². The molecule has 4 amide bonds. The number of nitrogens with zero attached hydrogens (tertiary/aromatic N) is 2. The number of carbonyl (C=O) groups excluding carboxylic acids is 4. The number of thioether (sulfide) groups is 1. The van der Waals surface area contributed by atoms with Gasteiger partial charge < -0.3 is 15.2 Å². The molecule has 1 aliphatic rings. The van der Waals surface area contributed by atoms with Gasteiger partial charge in [-0.1, -0.05) is 54.6 Å². The van der Waals surface area contributed by atoms with E-state index in [1.54, 1.807) is 54.6 Å². The molecule has 7 rings (SSSR count). The number of aromatic nitrogens is 1. The van der Waals surface area contributed by atoms with Crippen LogP contribution in [0.4, 0.5) is 11.4 Å². The van der Waals surface area contributed by atoms with Crippen LogP contribution in [0, 0.1) is 13.8 Å². The van der Waals surface area contributed by atoms with Crippen LogP contribution in [0.3, 0.4) is 0 Å². The first-order valence-corrected chi connectivity index (χ1v) is 17.7. The average molecular weight is 693 g/mol. The van der Waals surface area contributed by atoms with Crippen LogP contribution >= 0.6 is 11.8 Å². The van der Waals surface area contributed by atoms with Gasteiger partial charge in [-0.15, -0.1) is 11.8 Å². The van der Waals surface area contributed by atoms with Gasteiger partial charge in [-0.3, -0.25) is 19.2 Å². The second kappa shape index (κ2) is 14.1. The van der Waals surface area contributed by atoms with Crippen LogP contribution in [-0.4, -0.2) is 33.4 Å². The summed E-state index contributed by atoms with van der Waals surface area (Å²) in [5.74, 6) is -1.43. The van der Waals surface area contributed by atoms with Crippen molar-refractivity contribution in [3.63, 3.8) is 0 Å². The summed E-state index contributed by atoms with van der Waals surface area (Å²) in [5, 5.41) is 7.32. The summed E-state index contributed by atoms with van der Waals surface area (Å²) < 4.78 is 2.25. The Morgan fingerprint density at radius 2 is 1.57 bits per heavy atom. The number of rotatable bonds is 9. The summed E-state index contributed by atoms with van der Waals surface area (Å²) in [7, 11) is 0. The van der Waals surface area contributed by atoms with E-state index in [-0.39, 0.29) is 23.9 Å². The van der Waals surface area contributed by atoms with Crippen LogP contribution in [0.2, 0.25) is 0 Å². The highest BCUT2D eigenvalue weighted by Crippen LogP contribution is 2.36. The number of carbonyl (C=O) groups is 4. The lowest BCUT2D eigenvalue weighted by atomic mass is 10.1. The van der Waals surface area contributed by atoms with Crippen LogP contribution in [0.25, 0.3) is 27.9 Å². The van der Waals surface area contributed by atoms with Gasteiger partial charge >= 0.3 is 0 Å². The fourth-order valence-corrected chi connectivity index (χ4v) is 7.57. The minimum absolute atomic E-state index is 0.0705. The fourth-order valence-electron chi connectivity index (χ4n) is 6.45. The van der Waals surface area contributed by atoms with Crippen molar-refractivity contribution in [2.24, 2.45) is 0 Å². The Labute approximate surface area is 300 Å². The highest BCUT2D eigenvalue weighted by atomic mass is 32.2. The number of para-hydroxylation sites is 1. The zero-order chi connectivity index (χ0) is 35.6. The van der Waals surface area contributed by atoms with E-state index in [1.807, 2.05) is 68.4 Å². The Morgan fingerprint density at radius 1 is 0.804 bits per heavy atom. The Morgan fingerprint density at radius 3 is 2.35 bits per heavy atom. The Bertz CT molecular complexity index is 2380. The molecule has 1 aromatic heterocycles. The molecule has 0 radical (unpaired) electrons. The minimum atomic E-state index is -0.598. The SMILES string of the molecule is CCn1c2ccccc2c2cc(/C=C(\NC(=O)c3ccccc3)C(=O)Nc3cccc(S[C@H]4CC(=O)N(c5ccc(C)c(C)c5)C4=O)c3)ccc21. The van der Waals surface area contributed by atoms with Gasteiger partial charge in [0.15, 0.2) is 0 Å². The number of amides is 4. The predicted octanol–water partition coefficient (Wildman–Crippen LogP) is 8.27. The molecule has 0 spiro atoms. The molecule has 0 bridgehead atoms. The molecule has 1 saturated heterocycles. The number of anilines is 2. The zero-order valence-electron chi connectivity index (χ0n) is 28.5. The molecule has 1 aliphatic heterocycles. The van der Waals surface area contributed by atoms with Crippen molar-refractivity contribution >= 4 is 74.6 Å². The number of imide groups is 1. The maximum Gasteiger partial charge on any atom is 0.272 e. The van der Waals surface area contributed by atoms with E-state index in [0.717, 1.165) is 49.9 Å². The number of benzene rings is 5. The molecule has 8 nitrogen and oxygen atoms in total. The average Bonchev–Trinajstić information content (AvgIpc) is 3.60. The van der Waals surface area contributed by atoms with Crippen LogP contribution in [0.1, 0.15) is 40.4 Å². The molecule has 2 N–H and O–H groups in total. The molecular formula is C42H36N4O4S. The van der Waals surface area contributed by atoms with E-state index in [1.165, 1.54) is 16.7 Å². The molecule has 0 saturated carbocycles. The number of hydrogen-bond acceptors (Lipinski definition) is 5. The third-order valence-corrected chi connectivity index (χ3v) is 10.4. The smallest absolute Gasteiger partial charge is 0.272 e. The third kappa shape index (κ3) is 6.80. The number of aryl methyl sites for hydroxylation is 3. The summed E-state index contributed by atoms with van der Waals surface area (Å²) in [6.45, 7) is 6.86. The van der Waals surface area contributed by atoms with Gasteiger partial charge in [-0.05, 0) is 104 Å². The summed E-state index contributed by atoms with van der Waals surface area (Å²) >= 11 is 1.29. The van der Waals surface area contributed by atoms with E-state index in [4.69, 9.17) is 0 Å². The second-order valence-corrected chi connectivity index (χ2v) is 13.8. The lowest BCUT2D eigenvalue weighted by Crippen LogP contribution is -2.31. The number of nitrogens with one attached hydrogen (secondary N) is 2. The van der Waals surface area contributed by atoms with Gasteiger partial charge in [0.05, 0.1) is 10.9 Å². The van der Waals surface area contributed by atoms with Gasteiger partial charge in [0, 0.05) is 50.9 Å². The van der Waals surface area contributed by atoms with Gasteiger partial charge in [-0.25, -0.2) is 4.90 Å². The lowest BCUT2D eigenvalue weighted by molar-refractivity contribution is -0.121. The largest absolute Gasteiger partial charge is 0.341 e. The zero-order valence-corrected chi connectivity index (χ0v) is 29.3. The first-order valence-electron chi connectivity index (χ1n) is 16.8. The van der Waals surface area contributed by atoms with Gasteiger partial charge in [-0.2, -0.15) is 0 Å². The topological polar surface area (TPSA) is 101 Å². The van der Waals surface area contributed by atoms with Gasteiger partial charge in [0.25, 0.3) is 11.8 Å². The van der Waals surface area contributed by atoms with Crippen LogP contribution in [0.15, 0.2) is 126 Å². The molecule has 2 heterocycles. The van der Waals surface area contributed by atoms with Crippen LogP contribution in [-0.2, 0) is 20.9 Å². The van der Waals surface area contributed by atoms with Crippen molar-refractivity contribution in [3.8, 4) is 0 Å². The van der Waals surface area contributed by atoms with E-state index >= 15 is 0 Å². The molecule has 9 heteroatoms. The molecule has 0 unspecified atom stereocenters. The van der Waals surface area contributed by atoms with Crippen molar-refractivity contribution in [3.05, 3.63) is 143 Å². The Hall–Kier alpha value is -5.93. The predicted molar refractivity (Wildman–Crippen MR) is 205 cm³/mol. The van der Waals surface area contributed by atoms with E-state index in [9.17, 15) is 19.2 Å². The molecule has 5 aromatic carbocycles. The highest BCUT2D eigenvalue weighted by Gasteiger charge is 2.40. The monoisotopic (exact) mass is 692 g/mol. The summed E-state index contributed by atoms with van der Waals surface area (Å²) in [5.41, 5.74) is 6.60. The van der Waals surface area contributed by atoms with Crippen molar-refractivity contribution in [2.75, 3.05) is 10.2 Å². The van der Waals surface area contributed by atoms with Crippen molar-refractivity contribution in [1.82, 2.24) is 9.88 Å². The number of hydrogen-bond donors (Lipinski definition) is 2. The molecule has 1 fully saturated rings. The van der Waals surface area contributed by atoms with E-state index in [2.05, 4.69) is 34.3 Å². The van der Waals surface area contributed by atoms with Crippen LogP contribution in [0.5, 0.6) is 0 Å². The van der Waals surface area contributed by atoms with Crippen LogP contribution < -0.4 is 15.5 Å². The van der Waals surface area contributed by atoms with E-state index in [0.29, 0.717) is 16.9 Å². The minimum Gasteiger partial charge on any atom is -0.341 e. The van der Waals surface area contributed by atoms with Gasteiger partial charge in [0.2, 0.25) is 11.8 Å². The fraction of sp³-hybridized carbons (Fsp3) is 0.143. The third-order valence-electron chi connectivity index (χ3n) is 9.18. The molecular weight excluding hydrogens is 657 g/mol. The van der Waals surface area contributed by atoms with E-state index < -0.39 is 17.1 Å². The maximum absolute atomic E-state index is 13.9. The van der Waals surface area contributed by atoms with Crippen molar-refractivity contribution in [1.29, 1.82) is 0 Å². The summed E-state index contributed by atoms with van der Waals surface area (Å²) in [4.78, 5) is 55.5. The second-order valence-electron chi connectivity index (χ2n) is 12.5. The molecule has 254 valence electrons. The van der Waals surface area contributed by atoms with Gasteiger partial charge in [0.1, 0.15) is 5.70 Å². The quantitative estimate of drug-likeness (QED) is 0.117. The van der Waals surface area contributed by atoms with Crippen molar-refractivity contribution < 1.29 is 19.2 Å². The standard InChI is InChI=1S/C42H36N4O4S/c1-4-45-36-16-9-8-15-33(36)34-22-28(18-20-37(34)45)23-35(44-40(48)29-11-6-5-7-12-29)41(49)43-30-13-10-14-32(24-30)51-38-25-39(47)46(42(38)50)31-19-17-26(2)27(3)21-31/h5-24,38H,4,25H2,1-3H3,(H,43,49)(H,44,48)/b35-23-/t38-/m0/s1. The molecule has 51 heavy (non-hydrogen) atoms. The highest BCUT2D eigenvalue weighted by molar-refractivity contribution is 8.00. The molecule has 6 aromatic rings. The Kier molecular flexibility index (Phi) is 9.30.